The maximum Gasteiger partial charge on any atom is 0.271 e. The van der Waals surface area contributed by atoms with E-state index in [1.165, 1.54) is 77.5 Å². The molecule has 10 nitrogen and oxygen atoms in total. The van der Waals surface area contributed by atoms with Crippen LogP contribution in [0.25, 0.3) is 32.3 Å². The zero-order valence-corrected chi connectivity index (χ0v) is 30.5. The molecule has 0 unspecified atom stereocenters. The number of hydrogen-bond acceptors (Lipinski definition) is 10. The maximum atomic E-state index is 12.5. The Hall–Kier alpha value is -5.46. The second-order valence-corrected chi connectivity index (χ2v) is 14.8. The molecule has 0 saturated carbocycles. The molecule has 3 aromatic heterocycles. The van der Waals surface area contributed by atoms with Gasteiger partial charge in [0.05, 0.1) is 26.6 Å². The highest BCUT2D eigenvalue weighted by Crippen LogP contribution is 2.41. The molecule has 0 spiro atoms. The lowest BCUT2D eigenvalue weighted by Gasteiger charge is -2.16. The number of rotatable bonds is 7. The number of thiophene rings is 2. The summed E-state index contributed by atoms with van der Waals surface area (Å²) in [5, 5.41) is 42.6. The molecule has 0 atom stereocenters. The number of aromatic hydroxyl groups is 2. The van der Waals surface area contributed by atoms with E-state index >= 15 is 0 Å². The van der Waals surface area contributed by atoms with Crippen molar-refractivity contribution < 1.29 is 19.8 Å². The number of hydrogen-bond donors (Lipinski definition) is 4. The number of carbonyl (C=O) groups is 2. The van der Waals surface area contributed by atoms with Crippen LogP contribution in [0, 0.1) is 0 Å². The Kier molecular flexibility index (Phi) is 10.4. The molecule has 12 heteroatoms. The highest BCUT2D eigenvalue weighted by molar-refractivity contribution is 7.14. The van der Waals surface area contributed by atoms with Gasteiger partial charge in [0, 0.05) is 21.9 Å². The van der Waals surface area contributed by atoms with Crippen molar-refractivity contribution in [3.63, 3.8) is 0 Å². The van der Waals surface area contributed by atoms with Gasteiger partial charge in [-0.05, 0) is 128 Å². The molecule has 2 aliphatic rings. The molecule has 0 fully saturated rings. The number of benzene rings is 3. The van der Waals surface area contributed by atoms with E-state index in [-0.39, 0.29) is 23.2 Å². The predicted octanol–water partition coefficient (Wildman–Crippen LogP) is 8.54. The van der Waals surface area contributed by atoms with E-state index in [9.17, 15) is 19.8 Å². The van der Waals surface area contributed by atoms with E-state index in [2.05, 4.69) is 67.5 Å². The van der Waals surface area contributed by atoms with Gasteiger partial charge >= 0.3 is 0 Å². The van der Waals surface area contributed by atoms with E-state index in [4.69, 9.17) is 0 Å². The van der Waals surface area contributed by atoms with Gasteiger partial charge in [0.15, 0.2) is 5.78 Å². The van der Waals surface area contributed by atoms with Gasteiger partial charge in [0.1, 0.15) is 11.5 Å². The van der Waals surface area contributed by atoms with Gasteiger partial charge in [0.25, 0.3) is 5.91 Å². The number of nitrogens with zero attached hydrogens (tertiary/aromatic N) is 4. The third kappa shape index (κ3) is 7.44. The van der Waals surface area contributed by atoms with Gasteiger partial charge in [-0.25, -0.2) is 5.43 Å². The van der Waals surface area contributed by atoms with Crippen molar-refractivity contribution in [2.45, 2.75) is 65.2 Å². The molecule has 0 radical (unpaired) electrons. The highest BCUT2D eigenvalue weighted by Gasteiger charge is 2.19. The van der Waals surface area contributed by atoms with Crippen LogP contribution in [0.5, 0.6) is 11.5 Å². The van der Waals surface area contributed by atoms with Crippen molar-refractivity contribution in [3.05, 3.63) is 110 Å². The second-order valence-electron chi connectivity index (χ2n) is 13.0. The van der Waals surface area contributed by atoms with Crippen LogP contribution in [0.1, 0.15) is 88.1 Å². The van der Waals surface area contributed by atoms with E-state index in [0.29, 0.717) is 28.2 Å². The molecular formula is C40H38N6O4S2. The van der Waals surface area contributed by atoms with Gasteiger partial charge < -0.3 is 10.2 Å². The topological polar surface area (TPSA) is 153 Å². The molecule has 2 aliphatic carbocycles. The average molecular weight is 731 g/mol. The summed E-state index contributed by atoms with van der Waals surface area (Å²) >= 11 is 2.91. The van der Waals surface area contributed by atoms with Gasteiger partial charge in [-0.3, -0.25) is 9.59 Å². The Morgan fingerprint density at radius 1 is 0.712 bits per heavy atom. The fourth-order valence-corrected chi connectivity index (χ4v) is 8.68. The fraction of sp³-hybridized carbons (Fsp3) is 0.250. The molecule has 0 aliphatic heterocycles. The number of aromatic amines is 1. The fourth-order valence-electron chi connectivity index (χ4n) is 6.68. The van der Waals surface area contributed by atoms with E-state index < -0.39 is 0 Å². The number of aromatic nitrogens is 4. The van der Waals surface area contributed by atoms with Gasteiger partial charge in [-0.15, -0.1) is 32.9 Å². The molecule has 3 aromatic carbocycles. The predicted molar refractivity (Wildman–Crippen MR) is 205 cm³/mol. The molecule has 3 heterocycles. The first-order valence-corrected chi connectivity index (χ1v) is 19.1. The van der Waals surface area contributed by atoms with Crippen LogP contribution in [0.3, 0.4) is 0 Å². The smallest absolute Gasteiger partial charge is 0.271 e. The number of aryl methyl sites for hydroxylation is 4. The first-order chi connectivity index (χ1) is 25.3. The van der Waals surface area contributed by atoms with Crippen LogP contribution in [0.2, 0.25) is 0 Å². The number of Topliss-reactive ketones (excluding diaryl/α,β-unsaturated/α-hetero) is 1. The van der Waals surface area contributed by atoms with Crippen LogP contribution < -0.4 is 5.43 Å². The lowest BCUT2D eigenvalue weighted by molar-refractivity contribution is 0.0953. The average Bonchev–Trinajstić information content (AvgIpc) is 3.94. The third-order valence-corrected chi connectivity index (χ3v) is 11.6. The number of amides is 1. The minimum absolute atomic E-state index is 0.0852. The summed E-state index contributed by atoms with van der Waals surface area (Å²) < 4.78 is 0. The summed E-state index contributed by atoms with van der Waals surface area (Å²) in [5.41, 5.74) is 13.0. The highest BCUT2D eigenvalue weighted by atomic mass is 32.1. The Labute approximate surface area is 309 Å². The standard InChI is InChI=1S/C24H22N6O2S.C16H16O2S/c1-14(25-28-24(32)17-9-7-16(8-10-17)23-26-29-30-27-23)20-13-33-22(21(20)31)19-11-6-15-4-2-3-5-18(15)12-19;1-10(17)14-9-19-16(15(14)18)13-7-6-11-4-2-3-5-12(11)8-13/h6-13,31H,2-5H2,1H3,(H,28,32)(H,26,27,29,30);6-9,18H,2-5H2,1H3. The summed E-state index contributed by atoms with van der Waals surface area (Å²) in [4.78, 5) is 25.5. The van der Waals surface area contributed by atoms with Gasteiger partial charge in [-0.1, -0.05) is 36.4 Å². The molecule has 1 amide bonds. The van der Waals surface area contributed by atoms with Gasteiger partial charge in [-0.2, -0.15) is 10.3 Å². The van der Waals surface area contributed by atoms with Crippen molar-refractivity contribution in [2.24, 2.45) is 5.10 Å². The SMILES string of the molecule is CC(=NNC(=O)c1ccc(-c2nn[nH]n2)cc1)c1csc(-c2ccc3c(c2)CCCC3)c1O.CC(=O)c1csc(-c2ccc3c(c2)CCCC3)c1O. The summed E-state index contributed by atoms with van der Waals surface area (Å²) in [6.45, 7) is 3.25. The third-order valence-electron chi connectivity index (χ3n) is 9.60. The van der Waals surface area contributed by atoms with E-state index in [1.807, 2.05) is 5.38 Å². The Balaban J connectivity index is 0.000000187. The van der Waals surface area contributed by atoms with Crippen LogP contribution in [0.15, 0.2) is 76.5 Å². The van der Waals surface area contributed by atoms with Crippen molar-refractivity contribution in [1.29, 1.82) is 0 Å². The van der Waals surface area contributed by atoms with Gasteiger partial charge in [0.2, 0.25) is 5.82 Å². The van der Waals surface area contributed by atoms with Crippen molar-refractivity contribution >= 4 is 40.1 Å². The number of nitrogens with one attached hydrogen (secondary N) is 2. The molecule has 6 aromatic rings. The zero-order valence-electron chi connectivity index (χ0n) is 28.9. The molecular weight excluding hydrogens is 693 g/mol. The number of hydrazone groups is 1. The lowest BCUT2D eigenvalue weighted by Crippen LogP contribution is -2.19. The lowest BCUT2D eigenvalue weighted by atomic mass is 9.90. The molecule has 4 N–H and O–H groups in total. The second kappa shape index (κ2) is 15.4. The quantitative estimate of drug-likeness (QED) is 0.0730. The van der Waals surface area contributed by atoms with Crippen LogP contribution >= 0.6 is 22.7 Å². The molecule has 0 bridgehead atoms. The van der Waals surface area contributed by atoms with Crippen molar-refractivity contribution in [1.82, 2.24) is 26.0 Å². The maximum absolute atomic E-state index is 12.5. The largest absolute Gasteiger partial charge is 0.506 e. The van der Waals surface area contributed by atoms with Crippen molar-refractivity contribution in [2.75, 3.05) is 0 Å². The summed E-state index contributed by atoms with van der Waals surface area (Å²) in [6, 6.07) is 19.7. The first-order valence-electron chi connectivity index (χ1n) is 17.3. The molecule has 52 heavy (non-hydrogen) atoms. The Morgan fingerprint density at radius 2 is 1.23 bits per heavy atom. The summed E-state index contributed by atoms with van der Waals surface area (Å²) in [7, 11) is 0. The molecule has 8 rings (SSSR count). The molecule has 0 saturated heterocycles. The number of H-pyrrole nitrogens is 1. The monoisotopic (exact) mass is 730 g/mol. The van der Waals surface area contributed by atoms with E-state index in [1.54, 1.807) is 36.6 Å². The first kappa shape index (κ1) is 35.0. The van der Waals surface area contributed by atoms with E-state index in [0.717, 1.165) is 52.1 Å². The minimum Gasteiger partial charge on any atom is -0.506 e. The van der Waals surface area contributed by atoms with Crippen LogP contribution in [-0.4, -0.2) is 48.2 Å². The Bertz CT molecular complexity index is 2270. The van der Waals surface area contributed by atoms with Crippen LogP contribution in [0.4, 0.5) is 0 Å². The summed E-state index contributed by atoms with van der Waals surface area (Å²) in [6.07, 6.45) is 9.46. The number of fused-ring (bicyclic) bond motifs is 2. The summed E-state index contributed by atoms with van der Waals surface area (Å²) in [5.74, 6) is 0.346. The zero-order chi connectivity index (χ0) is 36.2. The number of carbonyl (C=O) groups excluding carboxylic acids is 2. The van der Waals surface area contributed by atoms with Crippen LogP contribution in [-0.2, 0) is 25.7 Å². The Morgan fingerprint density at radius 3 is 1.75 bits per heavy atom. The number of ketones is 1. The number of tetrazole rings is 1. The van der Waals surface area contributed by atoms with Crippen molar-refractivity contribution in [3.8, 4) is 43.8 Å². The normalized spacial score (nSPS) is 13.8. The molecule has 264 valence electrons. The minimum atomic E-state index is -0.348.